The van der Waals surface area contributed by atoms with Gasteiger partial charge in [0.15, 0.2) is 0 Å². The average molecular weight is 782 g/mol. The van der Waals surface area contributed by atoms with E-state index in [-0.39, 0.29) is 21.9 Å². The zero-order valence-corrected chi connectivity index (χ0v) is 34.2. The number of nitrogens with zero attached hydrogens (tertiary/aromatic N) is 2. The van der Waals surface area contributed by atoms with Gasteiger partial charge in [0.1, 0.15) is 54.9 Å². The lowest BCUT2D eigenvalue weighted by molar-refractivity contribution is 1.18. The van der Waals surface area contributed by atoms with Crippen molar-refractivity contribution in [1.82, 2.24) is 9.13 Å². The summed E-state index contributed by atoms with van der Waals surface area (Å²) in [5.74, 6) is 0. The maximum absolute atomic E-state index is 7.38. The second kappa shape index (κ2) is 15.1. The van der Waals surface area contributed by atoms with E-state index < -0.39 is 0 Å². The highest BCUT2D eigenvalue weighted by molar-refractivity contribution is 6.69. The lowest BCUT2D eigenvalue weighted by Crippen LogP contribution is -2.48. The molecule has 63 heavy (non-hydrogen) atoms. The number of para-hydroxylation sites is 2. The Morgan fingerprint density at radius 1 is 0.286 bits per heavy atom. The van der Waals surface area contributed by atoms with Crippen LogP contribution in [0.15, 0.2) is 176 Å². The van der Waals surface area contributed by atoms with E-state index in [0.29, 0.717) is 43.8 Å². The van der Waals surface area contributed by atoms with Gasteiger partial charge in [0.05, 0.1) is 11.0 Å². The molecule has 2 nitrogen and oxygen atoms in total. The highest BCUT2D eigenvalue weighted by Crippen LogP contribution is 2.40. The maximum atomic E-state index is 7.38. The zero-order chi connectivity index (χ0) is 43.1. The Morgan fingerprint density at radius 2 is 0.794 bits per heavy atom. The number of hydrogen-bond acceptors (Lipinski definition) is 0. The summed E-state index contributed by atoms with van der Waals surface area (Å²) < 4.78 is 4.26. The quantitative estimate of drug-likeness (QED) is 0.181. The molecule has 0 amide bonds. The number of rotatable bonds is 6. The van der Waals surface area contributed by atoms with E-state index in [9.17, 15) is 0 Å². The molecule has 0 saturated heterocycles. The number of aromatic nitrogens is 2. The fraction of sp³-hybridized carbons (Fsp3) is 0. The van der Waals surface area contributed by atoms with Gasteiger partial charge in [-0.05, 0) is 86.8 Å². The third-order valence-electron chi connectivity index (χ3n) is 12.5. The molecule has 14 radical (unpaired) electrons. The van der Waals surface area contributed by atoms with E-state index in [0.717, 1.165) is 72.1 Å². The lowest BCUT2D eigenvalue weighted by atomic mass is 9.64. The van der Waals surface area contributed by atoms with Gasteiger partial charge in [0.25, 0.3) is 0 Å². The van der Waals surface area contributed by atoms with Crippen LogP contribution in [0.1, 0.15) is 0 Å². The van der Waals surface area contributed by atoms with Crippen LogP contribution >= 0.6 is 0 Å². The van der Waals surface area contributed by atoms with E-state index in [4.69, 9.17) is 54.9 Å². The van der Waals surface area contributed by atoms with Crippen LogP contribution in [-0.2, 0) is 0 Å². The average Bonchev–Trinajstić information content (AvgIpc) is 3.87. The van der Waals surface area contributed by atoms with Gasteiger partial charge in [-0.2, -0.15) is 0 Å². The number of hydrogen-bond donors (Lipinski definition) is 0. The first-order valence-electron chi connectivity index (χ1n) is 20.7. The van der Waals surface area contributed by atoms with Crippen LogP contribution in [0, 0.1) is 0 Å². The normalized spacial score (nSPS) is 11.6. The molecule has 0 aliphatic rings. The summed E-state index contributed by atoms with van der Waals surface area (Å²) in [7, 11) is 48.7. The molecule has 0 spiro atoms. The number of fused-ring (bicyclic) bond motifs is 6. The third kappa shape index (κ3) is 6.04. The van der Waals surface area contributed by atoms with Crippen LogP contribution < -0.4 is 38.2 Å². The monoisotopic (exact) mass is 782 g/mol. The van der Waals surface area contributed by atoms with Gasteiger partial charge in [-0.15, -0.1) is 10.9 Å². The van der Waals surface area contributed by atoms with Gasteiger partial charge in [0.2, 0.25) is 0 Å². The van der Waals surface area contributed by atoms with Crippen LogP contribution in [0.2, 0.25) is 0 Å². The molecule has 11 rings (SSSR count). The van der Waals surface area contributed by atoms with Gasteiger partial charge < -0.3 is 9.13 Å². The van der Waals surface area contributed by atoms with Crippen molar-refractivity contribution in [2.75, 3.05) is 0 Å². The van der Waals surface area contributed by atoms with Crippen molar-refractivity contribution in [3.8, 4) is 55.9 Å². The van der Waals surface area contributed by atoms with Crippen LogP contribution in [0.3, 0.4) is 0 Å². The Morgan fingerprint density at radius 3 is 1.46 bits per heavy atom. The summed E-state index contributed by atoms with van der Waals surface area (Å²) in [6.07, 6.45) is 0. The van der Waals surface area contributed by atoms with Gasteiger partial charge in [0, 0.05) is 44.1 Å². The molecule has 0 aliphatic heterocycles. The van der Waals surface area contributed by atoms with Gasteiger partial charge in [-0.25, -0.2) is 0 Å². The molecular formula is C54H29B7N2. The third-order valence-corrected chi connectivity index (χ3v) is 12.5. The SMILES string of the molecule is [B]c1c([B])c([B])c2c(c1[B])c1c([B])c(-c3ccc4c(c3)c3cccc(-c5ccccc5)c3n4-c3ccccc3)c([B])c([B])c1n2-c1ccc(-c2cccc(-c3ccccc3)c2)cc1. The van der Waals surface area contributed by atoms with Gasteiger partial charge in [-0.1, -0.05) is 161 Å². The first-order valence-corrected chi connectivity index (χ1v) is 20.7. The molecule has 0 aliphatic carbocycles. The Labute approximate surface area is 375 Å². The summed E-state index contributed by atoms with van der Waals surface area (Å²) in [6.45, 7) is 0. The fourth-order valence-corrected chi connectivity index (χ4v) is 9.49. The highest BCUT2D eigenvalue weighted by Gasteiger charge is 2.25. The first-order chi connectivity index (χ1) is 30.7. The highest BCUT2D eigenvalue weighted by atomic mass is 15.0. The standard InChI is InChI=1S/C54H29B7N2/c55-45-42(35-24-27-41-40(29-35)39-21-11-20-38(32-14-6-2-7-15-32)52(39)62(41)36-18-8-3-9-19-36)46(56)50(60)53-43(45)44-47(57)48(58)49(59)51(61)54(44)63(53)37-25-22-31(23-26-37)34-17-10-16-33(28-34)30-12-4-1-5-13-30/h1-29H. The molecule has 0 unspecified atom stereocenters. The van der Waals surface area contributed by atoms with Crippen molar-refractivity contribution in [2.45, 2.75) is 0 Å². The molecule has 276 valence electrons. The van der Waals surface area contributed by atoms with Crippen molar-refractivity contribution < 1.29 is 0 Å². The summed E-state index contributed by atoms with van der Waals surface area (Å²) in [6, 6.07) is 60.5. The van der Waals surface area contributed by atoms with E-state index in [1.54, 1.807) is 0 Å². The summed E-state index contributed by atoms with van der Waals surface area (Å²) >= 11 is 0. The molecular weight excluding hydrogens is 752 g/mol. The topological polar surface area (TPSA) is 9.86 Å². The van der Waals surface area contributed by atoms with Crippen LogP contribution in [0.5, 0.6) is 0 Å². The van der Waals surface area contributed by atoms with Crippen LogP contribution in [0.25, 0.3) is 99.5 Å². The second-order valence-corrected chi connectivity index (χ2v) is 16.0. The van der Waals surface area contributed by atoms with Crippen molar-refractivity contribution in [2.24, 2.45) is 0 Å². The molecule has 0 N–H and O–H groups in total. The first kappa shape index (κ1) is 38.9. The Balaban J connectivity index is 1.14. The molecule has 2 heterocycles. The molecule has 0 atom stereocenters. The minimum absolute atomic E-state index is 0.174. The predicted molar refractivity (Wildman–Crippen MR) is 275 cm³/mol. The smallest absolute Gasteiger partial charge is 0.115 e. The summed E-state index contributed by atoms with van der Waals surface area (Å²) in [5.41, 5.74) is 14.9. The van der Waals surface area contributed by atoms with Gasteiger partial charge >= 0.3 is 0 Å². The maximum Gasteiger partial charge on any atom is 0.115 e. The van der Waals surface area contributed by atoms with Crippen LogP contribution in [0.4, 0.5) is 0 Å². The van der Waals surface area contributed by atoms with E-state index >= 15 is 0 Å². The molecule has 11 aromatic rings. The van der Waals surface area contributed by atoms with E-state index in [1.807, 2.05) is 53.1 Å². The van der Waals surface area contributed by atoms with E-state index in [2.05, 4.69) is 132 Å². The molecule has 0 bridgehead atoms. The zero-order valence-electron chi connectivity index (χ0n) is 34.2. The predicted octanol–water partition coefficient (Wildman–Crippen LogP) is 6.11. The second-order valence-electron chi connectivity index (χ2n) is 16.0. The van der Waals surface area contributed by atoms with Gasteiger partial charge in [-0.3, -0.25) is 0 Å². The largest absolute Gasteiger partial charge is 0.311 e. The molecule has 0 saturated carbocycles. The molecule has 2 aromatic heterocycles. The minimum Gasteiger partial charge on any atom is -0.311 e. The summed E-state index contributed by atoms with van der Waals surface area (Å²) in [5, 5.41) is 3.24. The number of benzene rings is 9. The summed E-state index contributed by atoms with van der Waals surface area (Å²) in [4.78, 5) is 0. The van der Waals surface area contributed by atoms with Crippen molar-refractivity contribution >= 4 is 137 Å². The minimum atomic E-state index is 0.174. The molecule has 9 heteroatoms. The molecule has 0 fully saturated rings. The lowest BCUT2D eigenvalue weighted by Gasteiger charge is -2.19. The fourth-order valence-electron chi connectivity index (χ4n) is 9.49. The van der Waals surface area contributed by atoms with Crippen molar-refractivity contribution in [3.63, 3.8) is 0 Å². The Hall–Kier alpha value is -6.97. The van der Waals surface area contributed by atoms with Crippen LogP contribution in [-0.4, -0.2) is 64.1 Å². The van der Waals surface area contributed by atoms with E-state index in [1.165, 1.54) is 0 Å². The van der Waals surface area contributed by atoms with Crippen molar-refractivity contribution in [1.29, 1.82) is 0 Å². The van der Waals surface area contributed by atoms with Crippen molar-refractivity contribution in [3.05, 3.63) is 176 Å². The molecule has 9 aromatic carbocycles. The Kier molecular flexibility index (Phi) is 9.35. The Bertz CT molecular complexity index is 3620.